The van der Waals surface area contributed by atoms with Crippen LogP contribution in [-0.2, 0) is 0 Å². The molecule has 2 aromatic carbocycles. The number of benzene rings is 2. The SMILES string of the molecule is CN(C)/C=C(/C(=S)N(C)C)c1ccc(Oc2ccccc2)cc1. The van der Waals surface area contributed by atoms with Crippen LogP contribution in [0.4, 0.5) is 0 Å². The fourth-order valence-corrected chi connectivity index (χ4v) is 2.25. The lowest BCUT2D eigenvalue weighted by molar-refractivity contribution is 0.482. The second kappa shape index (κ2) is 7.79. The molecule has 0 saturated heterocycles. The van der Waals surface area contributed by atoms with Crippen molar-refractivity contribution in [1.82, 2.24) is 9.80 Å². The predicted molar refractivity (Wildman–Crippen MR) is 101 cm³/mol. The highest BCUT2D eigenvalue weighted by Gasteiger charge is 2.11. The maximum atomic E-state index is 5.83. The molecule has 0 spiro atoms. The third-order valence-corrected chi connectivity index (χ3v) is 3.75. The fourth-order valence-electron chi connectivity index (χ4n) is 2.08. The third-order valence-electron chi connectivity index (χ3n) is 3.17. The Bertz CT molecular complexity index is 676. The van der Waals surface area contributed by atoms with Crippen molar-refractivity contribution < 1.29 is 4.74 Å². The van der Waals surface area contributed by atoms with E-state index in [2.05, 4.69) is 0 Å². The van der Waals surface area contributed by atoms with E-state index in [0.29, 0.717) is 0 Å². The van der Waals surface area contributed by atoms with Gasteiger partial charge in [-0.1, -0.05) is 42.5 Å². The number of para-hydroxylation sites is 1. The Kier molecular flexibility index (Phi) is 5.77. The van der Waals surface area contributed by atoms with Crippen molar-refractivity contribution in [2.45, 2.75) is 0 Å². The molecule has 23 heavy (non-hydrogen) atoms. The Morgan fingerprint density at radius 2 is 1.43 bits per heavy atom. The lowest BCUT2D eigenvalue weighted by Crippen LogP contribution is -2.22. The highest BCUT2D eigenvalue weighted by molar-refractivity contribution is 7.81. The first-order valence-corrected chi connectivity index (χ1v) is 7.81. The molecule has 0 unspecified atom stereocenters. The summed E-state index contributed by atoms with van der Waals surface area (Å²) >= 11 is 5.54. The van der Waals surface area contributed by atoms with Gasteiger partial charge in [0.25, 0.3) is 0 Å². The van der Waals surface area contributed by atoms with E-state index in [1.54, 1.807) is 0 Å². The summed E-state index contributed by atoms with van der Waals surface area (Å²) in [5, 5.41) is 0. The molecule has 0 atom stereocenters. The van der Waals surface area contributed by atoms with E-state index < -0.39 is 0 Å². The van der Waals surface area contributed by atoms with E-state index in [1.165, 1.54) is 0 Å². The summed E-state index contributed by atoms with van der Waals surface area (Å²) in [6.45, 7) is 0. The number of ether oxygens (including phenoxy) is 1. The van der Waals surface area contributed by atoms with Crippen molar-refractivity contribution in [2.24, 2.45) is 0 Å². The number of hydrogen-bond donors (Lipinski definition) is 0. The van der Waals surface area contributed by atoms with E-state index >= 15 is 0 Å². The van der Waals surface area contributed by atoms with Gasteiger partial charge in [0.05, 0.1) is 0 Å². The molecule has 120 valence electrons. The van der Waals surface area contributed by atoms with Crippen LogP contribution in [0.15, 0.2) is 60.8 Å². The average Bonchev–Trinajstić information content (AvgIpc) is 2.53. The summed E-state index contributed by atoms with van der Waals surface area (Å²) in [5.41, 5.74) is 2.08. The van der Waals surface area contributed by atoms with Gasteiger partial charge >= 0.3 is 0 Å². The Morgan fingerprint density at radius 1 is 0.870 bits per heavy atom. The third kappa shape index (κ3) is 4.83. The summed E-state index contributed by atoms with van der Waals surface area (Å²) in [7, 11) is 7.90. The van der Waals surface area contributed by atoms with Crippen molar-refractivity contribution >= 4 is 22.8 Å². The molecule has 0 bridgehead atoms. The van der Waals surface area contributed by atoms with E-state index in [9.17, 15) is 0 Å². The second-order valence-corrected chi connectivity index (χ2v) is 6.03. The van der Waals surface area contributed by atoms with Crippen LogP contribution in [-0.4, -0.2) is 43.0 Å². The zero-order valence-corrected chi connectivity index (χ0v) is 14.8. The summed E-state index contributed by atoms with van der Waals surface area (Å²) in [5.74, 6) is 1.63. The average molecular weight is 326 g/mol. The van der Waals surface area contributed by atoms with Gasteiger partial charge in [-0.25, -0.2) is 0 Å². The maximum absolute atomic E-state index is 5.83. The largest absolute Gasteiger partial charge is 0.457 e. The first kappa shape index (κ1) is 17.0. The monoisotopic (exact) mass is 326 g/mol. The first-order chi connectivity index (χ1) is 11.0. The highest BCUT2D eigenvalue weighted by atomic mass is 32.1. The Labute approximate surface area is 143 Å². The highest BCUT2D eigenvalue weighted by Crippen LogP contribution is 2.25. The molecule has 4 heteroatoms. The summed E-state index contributed by atoms with van der Waals surface area (Å²) in [6.07, 6.45) is 2.04. The number of likely N-dealkylation sites (N-methyl/N-ethyl adjacent to an activating group) is 1. The van der Waals surface area contributed by atoms with Crippen LogP contribution in [0, 0.1) is 0 Å². The Morgan fingerprint density at radius 3 is 1.96 bits per heavy atom. The number of rotatable bonds is 5. The van der Waals surface area contributed by atoms with Crippen LogP contribution in [0.3, 0.4) is 0 Å². The van der Waals surface area contributed by atoms with E-state index in [1.807, 2.05) is 98.8 Å². The van der Waals surface area contributed by atoms with Crippen molar-refractivity contribution in [3.63, 3.8) is 0 Å². The molecule has 0 aliphatic rings. The van der Waals surface area contributed by atoms with Gasteiger partial charge in [-0.2, -0.15) is 0 Å². The summed E-state index contributed by atoms with van der Waals surface area (Å²) in [4.78, 5) is 4.74. The maximum Gasteiger partial charge on any atom is 0.127 e. The number of hydrogen-bond acceptors (Lipinski definition) is 3. The van der Waals surface area contributed by atoms with Gasteiger partial charge in [0.15, 0.2) is 0 Å². The van der Waals surface area contributed by atoms with Crippen molar-refractivity contribution in [1.29, 1.82) is 0 Å². The molecule has 2 rings (SSSR count). The van der Waals surface area contributed by atoms with Gasteiger partial charge in [-0.3, -0.25) is 0 Å². The summed E-state index contributed by atoms with van der Waals surface area (Å²) in [6, 6.07) is 17.7. The predicted octanol–water partition coefficient (Wildman–Crippen LogP) is 4.27. The molecule has 0 N–H and O–H groups in total. The van der Waals surface area contributed by atoms with Crippen molar-refractivity contribution in [2.75, 3.05) is 28.2 Å². The lowest BCUT2D eigenvalue weighted by Gasteiger charge is -2.19. The molecule has 0 fully saturated rings. The quantitative estimate of drug-likeness (QED) is 0.602. The molecule has 0 aliphatic carbocycles. The van der Waals surface area contributed by atoms with Gasteiger partial charge in [-0.05, 0) is 29.8 Å². The van der Waals surface area contributed by atoms with Crippen LogP contribution < -0.4 is 4.74 Å². The molecule has 0 aromatic heterocycles. The lowest BCUT2D eigenvalue weighted by atomic mass is 10.1. The van der Waals surface area contributed by atoms with Crippen LogP contribution in [0.1, 0.15) is 5.56 Å². The number of thiocarbonyl (C=S) groups is 1. The van der Waals surface area contributed by atoms with Crippen LogP contribution in [0.5, 0.6) is 11.5 Å². The van der Waals surface area contributed by atoms with Crippen LogP contribution >= 0.6 is 12.2 Å². The van der Waals surface area contributed by atoms with E-state index in [0.717, 1.165) is 27.6 Å². The van der Waals surface area contributed by atoms with Gasteiger partial charge in [0.1, 0.15) is 16.5 Å². The topological polar surface area (TPSA) is 15.7 Å². The minimum atomic E-state index is 0.801. The van der Waals surface area contributed by atoms with Gasteiger partial charge in [0, 0.05) is 40.0 Å². The van der Waals surface area contributed by atoms with E-state index in [4.69, 9.17) is 17.0 Å². The van der Waals surface area contributed by atoms with Crippen molar-refractivity contribution in [3.05, 3.63) is 66.4 Å². The zero-order valence-electron chi connectivity index (χ0n) is 14.0. The molecular weight excluding hydrogens is 304 g/mol. The summed E-state index contributed by atoms with van der Waals surface area (Å²) < 4.78 is 5.83. The Balaban J connectivity index is 2.24. The van der Waals surface area contributed by atoms with E-state index in [-0.39, 0.29) is 0 Å². The minimum absolute atomic E-state index is 0.801. The Hall–Kier alpha value is -2.33. The molecule has 0 heterocycles. The smallest absolute Gasteiger partial charge is 0.127 e. The van der Waals surface area contributed by atoms with Gasteiger partial charge < -0.3 is 14.5 Å². The van der Waals surface area contributed by atoms with Gasteiger partial charge in [0.2, 0.25) is 0 Å². The van der Waals surface area contributed by atoms with Crippen LogP contribution in [0.25, 0.3) is 5.57 Å². The molecular formula is C19H22N2OS. The zero-order chi connectivity index (χ0) is 16.8. The van der Waals surface area contributed by atoms with Crippen LogP contribution in [0.2, 0.25) is 0 Å². The fraction of sp³-hybridized carbons (Fsp3) is 0.211. The first-order valence-electron chi connectivity index (χ1n) is 7.40. The normalized spacial score (nSPS) is 11.0. The number of nitrogens with zero attached hydrogens (tertiary/aromatic N) is 2. The second-order valence-electron chi connectivity index (χ2n) is 5.65. The van der Waals surface area contributed by atoms with Gasteiger partial charge in [-0.15, -0.1) is 0 Å². The molecule has 3 nitrogen and oxygen atoms in total. The molecule has 0 radical (unpaired) electrons. The molecule has 2 aromatic rings. The molecule has 0 saturated carbocycles. The standard InChI is InChI=1S/C19H22N2OS/c1-20(2)14-18(19(23)21(3)4)15-10-12-17(13-11-15)22-16-8-6-5-7-9-16/h5-14H,1-4H3/b18-14+. The molecule has 0 aliphatic heterocycles. The molecule has 0 amide bonds. The minimum Gasteiger partial charge on any atom is -0.457 e. The van der Waals surface area contributed by atoms with Crippen molar-refractivity contribution in [3.8, 4) is 11.5 Å².